The van der Waals surface area contributed by atoms with E-state index in [1.54, 1.807) is 6.20 Å². The molecule has 2 nitrogen and oxygen atoms in total. The highest BCUT2D eigenvalue weighted by Gasteiger charge is 2.04. The van der Waals surface area contributed by atoms with Crippen LogP contribution in [0.25, 0.3) is 0 Å². The molecule has 2 rings (SSSR count). The van der Waals surface area contributed by atoms with Crippen LogP contribution in [0.2, 0.25) is 5.15 Å². The van der Waals surface area contributed by atoms with Crippen LogP contribution in [-0.4, -0.2) is 9.55 Å². The standard InChI is InChI=1S/C11H10BrClN2.ClH/c1-8-14-6-11(13)15(8)7-9-2-4-10(12)5-3-9;/h2-6H,7H2,1H3;1H. The first-order valence-corrected chi connectivity index (χ1v) is 5.76. The molecule has 5 heteroatoms. The summed E-state index contributed by atoms with van der Waals surface area (Å²) >= 11 is 9.42. The number of benzene rings is 1. The van der Waals surface area contributed by atoms with Crippen LogP contribution in [0.5, 0.6) is 0 Å². The fraction of sp³-hybridized carbons (Fsp3) is 0.182. The van der Waals surface area contributed by atoms with E-state index in [2.05, 4.69) is 33.0 Å². The normalized spacial score (nSPS) is 9.94. The molecule has 16 heavy (non-hydrogen) atoms. The Labute approximate surface area is 114 Å². The molecule has 0 amide bonds. The van der Waals surface area contributed by atoms with Crippen molar-refractivity contribution < 1.29 is 0 Å². The van der Waals surface area contributed by atoms with Gasteiger partial charge in [-0.3, -0.25) is 0 Å². The highest BCUT2D eigenvalue weighted by Crippen LogP contribution is 2.16. The SMILES string of the molecule is Cc1ncc(Cl)n1Cc1ccc(Br)cc1.Cl. The van der Waals surface area contributed by atoms with Gasteiger partial charge in [-0.2, -0.15) is 0 Å². The number of hydrogen-bond acceptors (Lipinski definition) is 1. The van der Waals surface area contributed by atoms with E-state index in [-0.39, 0.29) is 12.4 Å². The van der Waals surface area contributed by atoms with Gasteiger partial charge < -0.3 is 4.57 Å². The van der Waals surface area contributed by atoms with Crippen molar-refractivity contribution in [2.75, 3.05) is 0 Å². The van der Waals surface area contributed by atoms with E-state index in [9.17, 15) is 0 Å². The van der Waals surface area contributed by atoms with E-state index in [0.29, 0.717) is 5.15 Å². The summed E-state index contributed by atoms with van der Waals surface area (Å²) in [5, 5.41) is 0.676. The summed E-state index contributed by atoms with van der Waals surface area (Å²) < 4.78 is 3.06. The molecule has 0 fully saturated rings. The highest BCUT2D eigenvalue weighted by atomic mass is 79.9. The molecule has 0 spiro atoms. The third kappa shape index (κ3) is 3.00. The highest BCUT2D eigenvalue weighted by molar-refractivity contribution is 9.10. The zero-order chi connectivity index (χ0) is 10.8. The Morgan fingerprint density at radius 2 is 1.94 bits per heavy atom. The second-order valence-corrected chi connectivity index (χ2v) is 4.64. The Bertz CT molecular complexity index is 446. The van der Waals surface area contributed by atoms with Crippen LogP contribution in [0, 0.1) is 6.92 Å². The van der Waals surface area contributed by atoms with Gasteiger partial charge in [0.1, 0.15) is 11.0 Å². The first-order chi connectivity index (χ1) is 7.16. The molecular formula is C11H11BrCl2N2. The molecule has 0 saturated carbocycles. The Hall–Kier alpha value is -0.510. The molecule has 2 aromatic rings. The summed E-state index contributed by atoms with van der Waals surface area (Å²) in [4.78, 5) is 4.15. The first-order valence-electron chi connectivity index (χ1n) is 4.59. The molecule has 86 valence electrons. The second-order valence-electron chi connectivity index (χ2n) is 3.34. The number of imidazole rings is 1. The van der Waals surface area contributed by atoms with Crippen LogP contribution in [0.15, 0.2) is 34.9 Å². The molecule has 0 aliphatic rings. The predicted octanol–water partition coefficient (Wildman–Crippen LogP) is 4.08. The summed E-state index contributed by atoms with van der Waals surface area (Å²) in [6, 6.07) is 8.19. The van der Waals surface area contributed by atoms with Crippen molar-refractivity contribution in [2.24, 2.45) is 0 Å². The first kappa shape index (κ1) is 13.6. The van der Waals surface area contributed by atoms with E-state index in [1.807, 2.05) is 23.6 Å². The molecule has 0 aliphatic heterocycles. The number of hydrogen-bond donors (Lipinski definition) is 0. The minimum Gasteiger partial charge on any atom is -0.315 e. The molecule has 0 bridgehead atoms. The molecule has 0 saturated heterocycles. The van der Waals surface area contributed by atoms with Crippen LogP contribution < -0.4 is 0 Å². The number of rotatable bonds is 2. The molecule has 0 radical (unpaired) electrons. The Morgan fingerprint density at radius 1 is 1.31 bits per heavy atom. The van der Waals surface area contributed by atoms with Gasteiger partial charge in [0.2, 0.25) is 0 Å². The van der Waals surface area contributed by atoms with Gasteiger partial charge in [-0.25, -0.2) is 4.98 Å². The van der Waals surface area contributed by atoms with Crippen LogP contribution in [0.1, 0.15) is 11.4 Å². The third-order valence-corrected chi connectivity index (χ3v) is 3.09. The minimum absolute atomic E-state index is 0. The lowest BCUT2D eigenvalue weighted by atomic mass is 10.2. The minimum atomic E-state index is 0. The summed E-state index contributed by atoms with van der Waals surface area (Å²) in [6.07, 6.45) is 1.68. The lowest BCUT2D eigenvalue weighted by Crippen LogP contribution is -2.01. The van der Waals surface area contributed by atoms with E-state index < -0.39 is 0 Å². The quantitative estimate of drug-likeness (QED) is 0.815. The van der Waals surface area contributed by atoms with Crippen molar-refractivity contribution in [3.63, 3.8) is 0 Å². The van der Waals surface area contributed by atoms with Crippen molar-refractivity contribution in [3.8, 4) is 0 Å². The average molecular weight is 322 g/mol. The number of aromatic nitrogens is 2. The van der Waals surface area contributed by atoms with Crippen LogP contribution in [0.4, 0.5) is 0 Å². The fourth-order valence-electron chi connectivity index (χ4n) is 1.40. The predicted molar refractivity (Wildman–Crippen MR) is 72.5 cm³/mol. The van der Waals surface area contributed by atoms with Gasteiger partial charge in [-0.05, 0) is 24.6 Å². The largest absolute Gasteiger partial charge is 0.315 e. The maximum Gasteiger partial charge on any atom is 0.129 e. The molecule has 0 N–H and O–H groups in total. The Kier molecular flexibility index (Phi) is 4.84. The molecule has 1 aromatic carbocycles. The summed E-state index contributed by atoms with van der Waals surface area (Å²) in [6.45, 7) is 2.71. The third-order valence-electron chi connectivity index (χ3n) is 2.26. The maximum atomic E-state index is 6.02. The van der Waals surface area contributed by atoms with Crippen LogP contribution in [-0.2, 0) is 6.54 Å². The van der Waals surface area contributed by atoms with Crippen molar-refractivity contribution in [2.45, 2.75) is 13.5 Å². The van der Waals surface area contributed by atoms with Gasteiger partial charge in [0, 0.05) is 4.47 Å². The summed E-state index contributed by atoms with van der Waals surface area (Å²) in [5.74, 6) is 0.933. The van der Waals surface area contributed by atoms with Gasteiger partial charge in [-0.15, -0.1) is 12.4 Å². The van der Waals surface area contributed by atoms with E-state index in [4.69, 9.17) is 11.6 Å². The molecule has 1 aromatic heterocycles. The van der Waals surface area contributed by atoms with Crippen LogP contribution >= 0.6 is 39.9 Å². The van der Waals surface area contributed by atoms with E-state index in [0.717, 1.165) is 16.8 Å². The average Bonchev–Trinajstić information content (AvgIpc) is 2.53. The lowest BCUT2D eigenvalue weighted by molar-refractivity contribution is 0.762. The topological polar surface area (TPSA) is 17.8 Å². The second kappa shape index (κ2) is 5.71. The molecule has 0 aliphatic carbocycles. The monoisotopic (exact) mass is 320 g/mol. The summed E-state index contributed by atoms with van der Waals surface area (Å²) in [5.41, 5.74) is 1.21. The Morgan fingerprint density at radius 3 is 2.44 bits per heavy atom. The van der Waals surface area contributed by atoms with Gasteiger partial charge in [0.05, 0.1) is 12.7 Å². The van der Waals surface area contributed by atoms with Crippen molar-refractivity contribution >= 4 is 39.9 Å². The molecule has 1 heterocycles. The Balaban J connectivity index is 0.00000128. The van der Waals surface area contributed by atoms with Crippen molar-refractivity contribution in [3.05, 3.63) is 51.5 Å². The maximum absolute atomic E-state index is 6.02. The van der Waals surface area contributed by atoms with Gasteiger partial charge in [0.25, 0.3) is 0 Å². The fourth-order valence-corrected chi connectivity index (χ4v) is 1.90. The molecule has 0 unspecified atom stereocenters. The zero-order valence-corrected chi connectivity index (χ0v) is 11.8. The summed E-state index contributed by atoms with van der Waals surface area (Å²) in [7, 11) is 0. The number of nitrogens with zero attached hydrogens (tertiary/aromatic N) is 2. The van der Waals surface area contributed by atoms with Crippen molar-refractivity contribution in [1.29, 1.82) is 0 Å². The van der Waals surface area contributed by atoms with E-state index >= 15 is 0 Å². The molecule has 0 atom stereocenters. The smallest absolute Gasteiger partial charge is 0.129 e. The van der Waals surface area contributed by atoms with E-state index in [1.165, 1.54) is 5.56 Å². The molecular weight excluding hydrogens is 311 g/mol. The van der Waals surface area contributed by atoms with Gasteiger partial charge in [-0.1, -0.05) is 39.7 Å². The lowest BCUT2D eigenvalue weighted by Gasteiger charge is -2.06. The van der Waals surface area contributed by atoms with Gasteiger partial charge >= 0.3 is 0 Å². The zero-order valence-electron chi connectivity index (χ0n) is 8.65. The van der Waals surface area contributed by atoms with Crippen LogP contribution in [0.3, 0.4) is 0 Å². The number of halogens is 3. The van der Waals surface area contributed by atoms with Gasteiger partial charge in [0.15, 0.2) is 0 Å². The van der Waals surface area contributed by atoms with Crippen molar-refractivity contribution in [1.82, 2.24) is 9.55 Å². The number of aryl methyl sites for hydroxylation is 1.